The van der Waals surface area contributed by atoms with Crippen molar-refractivity contribution in [3.63, 3.8) is 0 Å². The highest BCUT2D eigenvalue weighted by Gasteiger charge is 2.39. The second kappa shape index (κ2) is 9.56. The molecule has 0 amide bonds. The van der Waals surface area contributed by atoms with Gasteiger partial charge in [0.05, 0.1) is 6.54 Å². The van der Waals surface area contributed by atoms with Gasteiger partial charge in [0.25, 0.3) is 0 Å². The molecule has 0 atom stereocenters. The quantitative estimate of drug-likeness (QED) is 0.615. The Balaban J connectivity index is 1.74. The summed E-state index contributed by atoms with van der Waals surface area (Å²) >= 11 is 0. The Morgan fingerprint density at radius 1 is 1.22 bits per heavy atom. The monoisotopic (exact) mass is 372 g/mol. The van der Waals surface area contributed by atoms with Gasteiger partial charge >= 0.3 is 0 Å². The lowest BCUT2D eigenvalue weighted by molar-refractivity contribution is -0.0139. The molecular formula is C22H36N4O. The highest BCUT2D eigenvalue weighted by atomic mass is 16.5. The highest BCUT2D eigenvalue weighted by molar-refractivity contribution is 5.79. The Labute approximate surface area is 164 Å². The summed E-state index contributed by atoms with van der Waals surface area (Å²) in [5.74, 6) is 1.01. The third-order valence-electron chi connectivity index (χ3n) is 6.09. The van der Waals surface area contributed by atoms with E-state index in [1.165, 1.54) is 37.1 Å². The minimum Gasteiger partial charge on any atom is -0.381 e. The van der Waals surface area contributed by atoms with Crippen LogP contribution in [0.5, 0.6) is 0 Å². The zero-order valence-corrected chi connectivity index (χ0v) is 17.3. The Hall–Kier alpha value is -1.59. The van der Waals surface area contributed by atoms with Crippen LogP contribution in [-0.4, -0.2) is 67.7 Å². The molecule has 0 saturated carbocycles. The van der Waals surface area contributed by atoms with E-state index in [1.54, 1.807) is 0 Å². The van der Waals surface area contributed by atoms with E-state index in [1.807, 2.05) is 0 Å². The standard InChI is InChI=1S/C22H36N4O/c1-4-23-21(25(3)17-20-10-6-5-9-19(20)2)24-18-22(11-15-27-16-12-22)26-13-7-8-14-26/h5-6,9-10H,4,7-8,11-18H2,1-3H3,(H,23,24). The van der Waals surface area contributed by atoms with Gasteiger partial charge in [0.15, 0.2) is 5.96 Å². The van der Waals surface area contributed by atoms with Gasteiger partial charge in [-0.05, 0) is 63.7 Å². The lowest BCUT2D eigenvalue weighted by atomic mass is 9.88. The number of aryl methyl sites for hydroxylation is 1. The fourth-order valence-corrected chi connectivity index (χ4v) is 4.33. The van der Waals surface area contributed by atoms with Crippen LogP contribution in [0.4, 0.5) is 0 Å². The van der Waals surface area contributed by atoms with Crippen molar-refractivity contribution in [2.24, 2.45) is 4.99 Å². The summed E-state index contributed by atoms with van der Waals surface area (Å²) in [4.78, 5) is 10.1. The molecule has 2 fully saturated rings. The molecule has 1 N–H and O–H groups in total. The molecule has 1 aromatic rings. The number of likely N-dealkylation sites (tertiary alicyclic amines) is 1. The summed E-state index contributed by atoms with van der Waals surface area (Å²) in [6.07, 6.45) is 4.83. The van der Waals surface area contributed by atoms with Gasteiger partial charge in [0, 0.05) is 38.9 Å². The number of aliphatic imine (C=N–C) groups is 1. The highest BCUT2D eigenvalue weighted by Crippen LogP contribution is 2.31. The Kier molecular flexibility index (Phi) is 7.13. The third-order valence-corrected chi connectivity index (χ3v) is 6.09. The molecule has 0 bridgehead atoms. The summed E-state index contributed by atoms with van der Waals surface area (Å²) in [6.45, 7) is 11.1. The number of hydrogen-bond acceptors (Lipinski definition) is 3. The van der Waals surface area contributed by atoms with Crippen molar-refractivity contribution in [2.75, 3.05) is 46.4 Å². The summed E-state index contributed by atoms with van der Waals surface area (Å²) in [7, 11) is 2.14. The number of benzene rings is 1. The second-order valence-corrected chi connectivity index (χ2v) is 7.98. The molecule has 3 rings (SSSR count). The molecule has 0 spiro atoms. The van der Waals surface area contributed by atoms with Gasteiger partial charge in [-0.3, -0.25) is 9.89 Å². The van der Waals surface area contributed by atoms with E-state index in [2.05, 4.69) is 60.3 Å². The number of nitrogens with zero attached hydrogens (tertiary/aromatic N) is 3. The van der Waals surface area contributed by atoms with Crippen LogP contribution in [0.25, 0.3) is 0 Å². The normalized spacial score (nSPS) is 20.6. The molecule has 2 heterocycles. The van der Waals surface area contributed by atoms with Gasteiger partial charge < -0.3 is 15.0 Å². The van der Waals surface area contributed by atoms with E-state index in [9.17, 15) is 0 Å². The molecule has 5 heteroatoms. The average molecular weight is 373 g/mol. The maximum Gasteiger partial charge on any atom is 0.194 e. The lowest BCUT2D eigenvalue weighted by Gasteiger charge is -2.43. The first-order valence-electron chi connectivity index (χ1n) is 10.5. The van der Waals surface area contributed by atoms with E-state index in [0.29, 0.717) is 0 Å². The molecule has 0 unspecified atom stereocenters. The summed E-state index contributed by atoms with van der Waals surface area (Å²) in [5, 5.41) is 3.50. The van der Waals surface area contributed by atoms with Crippen molar-refractivity contribution in [3.05, 3.63) is 35.4 Å². The van der Waals surface area contributed by atoms with Crippen molar-refractivity contribution in [1.82, 2.24) is 15.1 Å². The Morgan fingerprint density at radius 2 is 1.93 bits per heavy atom. The van der Waals surface area contributed by atoms with Crippen LogP contribution < -0.4 is 5.32 Å². The summed E-state index contributed by atoms with van der Waals surface area (Å²) in [6, 6.07) is 8.60. The fraction of sp³-hybridized carbons (Fsp3) is 0.682. The van der Waals surface area contributed by atoms with E-state index < -0.39 is 0 Å². The van der Waals surface area contributed by atoms with Crippen LogP contribution in [0.15, 0.2) is 29.3 Å². The molecule has 0 aliphatic carbocycles. The van der Waals surface area contributed by atoms with Crippen molar-refractivity contribution in [3.8, 4) is 0 Å². The van der Waals surface area contributed by atoms with Crippen LogP contribution in [0, 0.1) is 6.92 Å². The molecule has 27 heavy (non-hydrogen) atoms. The first-order valence-corrected chi connectivity index (χ1v) is 10.5. The molecule has 5 nitrogen and oxygen atoms in total. The van der Waals surface area contributed by atoms with Crippen LogP contribution >= 0.6 is 0 Å². The van der Waals surface area contributed by atoms with Crippen molar-refractivity contribution in [2.45, 2.75) is 51.6 Å². The molecule has 150 valence electrons. The number of guanidine groups is 1. The van der Waals surface area contributed by atoms with Gasteiger partial charge in [-0.25, -0.2) is 0 Å². The molecule has 0 radical (unpaired) electrons. The smallest absolute Gasteiger partial charge is 0.194 e. The molecule has 0 aromatic heterocycles. The maximum atomic E-state index is 5.68. The first kappa shape index (κ1) is 20.2. The van der Waals surface area contributed by atoms with E-state index in [-0.39, 0.29) is 5.54 Å². The molecule has 1 aromatic carbocycles. The number of nitrogens with one attached hydrogen (secondary N) is 1. The zero-order chi connectivity index (χ0) is 19.1. The topological polar surface area (TPSA) is 40.1 Å². The van der Waals surface area contributed by atoms with Gasteiger partial charge in [-0.15, -0.1) is 0 Å². The first-order chi connectivity index (χ1) is 13.1. The molecule has 2 aliphatic rings. The van der Waals surface area contributed by atoms with Gasteiger partial charge in [0.1, 0.15) is 0 Å². The Bertz CT molecular complexity index is 618. The van der Waals surface area contributed by atoms with Gasteiger partial charge in [0.2, 0.25) is 0 Å². The van der Waals surface area contributed by atoms with E-state index >= 15 is 0 Å². The predicted octanol–water partition coefficient (Wildman–Crippen LogP) is 3.04. The summed E-state index contributed by atoms with van der Waals surface area (Å²) < 4.78 is 5.68. The van der Waals surface area contributed by atoms with Crippen LogP contribution in [-0.2, 0) is 11.3 Å². The molecule has 2 aliphatic heterocycles. The fourth-order valence-electron chi connectivity index (χ4n) is 4.33. The maximum absolute atomic E-state index is 5.68. The predicted molar refractivity (Wildman–Crippen MR) is 112 cm³/mol. The lowest BCUT2D eigenvalue weighted by Crippen LogP contribution is -2.54. The van der Waals surface area contributed by atoms with Crippen molar-refractivity contribution >= 4 is 5.96 Å². The van der Waals surface area contributed by atoms with Crippen molar-refractivity contribution in [1.29, 1.82) is 0 Å². The summed E-state index contributed by atoms with van der Waals surface area (Å²) in [5.41, 5.74) is 2.86. The number of hydrogen-bond donors (Lipinski definition) is 1. The van der Waals surface area contributed by atoms with Gasteiger partial charge in [-0.2, -0.15) is 0 Å². The second-order valence-electron chi connectivity index (χ2n) is 7.98. The van der Waals surface area contributed by atoms with Crippen LogP contribution in [0.1, 0.15) is 43.7 Å². The largest absolute Gasteiger partial charge is 0.381 e. The average Bonchev–Trinajstić information content (AvgIpc) is 3.23. The van der Waals surface area contributed by atoms with Crippen LogP contribution in [0.2, 0.25) is 0 Å². The van der Waals surface area contributed by atoms with E-state index in [0.717, 1.165) is 51.6 Å². The minimum atomic E-state index is 0.179. The molecule has 2 saturated heterocycles. The van der Waals surface area contributed by atoms with Gasteiger partial charge in [-0.1, -0.05) is 24.3 Å². The van der Waals surface area contributed by atoms with Crippen molar-refractivity contribution < 1.29 is 4.74 Å². The number of ether oxygens (including phenoxy) is 1. The Morgan fingerprint density at radius 3 is 2.59 bits per heavy atom. The van der Waals surface area contributed by atoms with Crippen LogP contribution in [0.3, 0.4) is 0 Å². The zero-order valence-electron chi connectivity index (χ0n) is 17.3. The minimum absolute atomic E-state index is 0.179. The SMILES string of the molecule is CCNC(=NCC1(N2CCCC2)CCOCC1)N(C)Cc1ccccc1C. The number of rotatable bonds is 6. The third kappa shape index (κ3) is 5.02. The molecular weight excluding hydrogens is 336 g/mol. The van der Waals surface area contributed by atoms with E-state index in [4.69, 9.17) is 9.73 Å².